The summed E-state index contributed by atoms with van der Waals surface area (Å²) in [5, 5.41) is 2.86. The maximum Gasteiger partial charge on any atom is 0.265 e. The minimum atomic E-state index is -0.231. The number of halogens is 1. The van der Waals surface area contributed by atoms with Gasteiger partial charge in [0.2, 0.25) is 5.91 Å². The molecule has 0 radical (unpaired) electrons. The molecule has 7 heteroatoms. The third kappa shape index (κ3) is 4.35. The molecule has 0 unspecified atom stereocenters. The first kappa shape index (κ1) is 18.3. The van der Waals surface area contributed by atoms with E-state index in [9.17, 15) is 9.59 Å². The van der Waals surface area contributed by atoms with Crippen LogP contribution in [-0.2, 0) is 16.0 Å². The summed E-state index contributed by atoms with van der Waals surface area (Å²) >= 11 is 3.37. The molecule has 2 aromatic carbocycles. The number of fused-ring (bicyclic) bond motifs is 1. The van der Waals surface area contributed by atoms with Crippen molar-refractivity contribution in [3.63, 3.8) is 0 Å². The van der Waals surface area contributed by atoms with Crippen molar-refractivity contribution in [2.45, 2.75) is 6.42 Å². The molecule has 2 aromatic rings. The maximum atomic E-state index is 12.2. The van der Waals surface area contributed by atoms with Gasteiger partial charge in [-0.15, -0.1) is 0 Å². The van der Waals surface area contributed by atoms with Crippen LogP contribution in [0.15, 0.2) is 46.9 Å². The van der Waals surface area contributed by atoms with Gasteiger partial charge in [-0.25, -0.2) is 0 Å². The summed E-state index contributed by atoms with van der Waals surface area (Å²) in [7, 11) is 1.62. The van der Waals surface area contributed by atoms with E-state index >= 15 is 0 Å². The molecule has 0 aromatic heterocycles. The number of nitrogens with zero attached hydrogens (tertiary/aromatic N) is 1. The number of methoxy groups -OCH3 is 1. The largest absolute Gasteiger partial charge is 0.497 e. The van der Waals surface area contributed by atoms with Crippen LogP contribution in [0.5, 0.6) is 11.5 Å². The van der Waals surface area contributed by atoms with Crippen molar-refractivity contribution in [1.29, 1.82) is 0 Å². The number of carbonyl (C=O) groups excluding carboxylic acids is 2. The fourth-order valence-corrected chi connectivity index (χ4v) is 3.03. The van der Waals surface area contributed by atoms with Crippen molar-refractivity contribution in [2.24, 2.45) is 0 Å². The highest BCUT2D eigenvalue weighted by molar-refractivity contribution is 9.10. The smallest absolute Gasteiger partial charge is 0.265 e. The summed E-state index contributed by atoms with van der Waals surface area (Å²) in [4.78, 5) is 25.8. The molecule has 1 aliphatic rings. The van der Waals surface area contributed by atoms with Crippen LogP contribution >= 0.6 is 15.9 Å². The Labute approximate surface area is 160 Å². The van der Waals surface area contributed by atoms with E-state index < -0.39 is 0 Å². The highest BCUT2D eigenvalue weighted by Gasteiger charge is 2.27. The Morgan fingerprint density at radius 2 is 2.04 bits per heavy atom. The summed E-state index contributed by atoms with van der Waals surface area (Å²) in [6.07, 6.45) is 0.705. The van der Waals surface area contributed by atoms with Crippen molar-refractivity contribution in [3.8, 4) is 11.5 Å². The van der Waals surface area contributed by atoms with Crippen molar-refractivity contribution >= 4 is 33.4 Å². The first-order valence-corrected chi connectivity index (χ1v) is 8.98. The van der Waals surface area contributed by atoms with Gasteiger partial charge in [-0.2, -0.15) is 0 Å². The zero-order valence-electron chi connectivity index (χ0n) is 14.3. The topological polar surface area (TPSA) is 67.9 Å². The number of ether oxygens (including phenoxy) is 2. The lowest BCUT2D eigenvalue weighted by Crippen LogP contribution is -2.45. The summed E-state index contributed by atoms with van der Waals surface area (Å²) < 4.78 is 11.4. The second kappa shape index (κ2) is 8.23. The van der Waals surface area contributed by atoms with Gasteiger partial charge in [0.15, 0.2) is 6.61 Å². The highest BCUT2D eigenvalue weighted by Crippen LogP contribution is 2.34. The summed E-state index contributed by atoms with van der Waals surface area (Å²) in [6, 6.07) is 13.1. The Hall–Kier alpha value is -2.54. The fourth-order valence-electron chi connectivity index (χ4n) is 2.69. The Morgan fingerprint density at radius 1 is 1.27 bits per heavy atom. The van der Waals surface area contributed by atoms with Gasteiger partial charge >= 0.3 is 0 Å². The van der Waals surface area contributed by atoms with Crippen molar-refractivity contribution < 1.29 is 19.1 Å². The Morgan fingerprint density at radius 3 is 2.77 bits per heavy atom. The van der Waals surface area contributed by atoms with Gasteiger partial charge in [0.1, 0.15) is 18.0 Å². The highest BCUT2D eigenvalue weighted by atomic mass is 79.9. The zero-order chi connectivity index (χ0) is 18.5. The first-order chi connectivity index (χ1) is 12.6. The summed E-state index contributed by atoms with van der Waals surface area (Å²) in [5.41, 5.74) is 1.71. The van der Waals surface area contributed by atoms with Crippen molar-refractivity contribution in [1.82, 2.24) is 5.32 Å². The van der Waals surface area contributed by atoms with Gasteiger partial charge in [0.05, 0.1) is 12.8 Å². The van der Waals surface area contributed by atoms with Crippen molar-refractivity contribution in [3.05, 3.63) is 52.5 Å². The first-order valence-electron chi connectivity index (χ1n) is 8.19. The lowest BCUT2D eigenvalue weighted by Gasteiger charge is -2.29. The van der Waals surface area contributed by atoms with Gasteiger partial charge < -0.3 is 14.8 Å². The van der Waals surface area contributed by atoms with Gasteiger partial charge in [0, 0.05) is 11.0 Å². The fraction of sp³-hybridized carbons (Fsp3) is 0.263. The molecule has 6 nitrogen and oxygen atoms in total. The third-order valence-corrected chi connectivity index (χ3v) is 4.55. The average molecular weight is 419 g/mol. The van der Waals surface area contributed by atoms with E-state index in [-0.39, 0.29) is 25.0 Å². The molecule has 1 heterocycles. The lowest BCUT2D eigenvalue weighted by atomic mass is 10.1. The van der Waals surface area contributed by atoms with Crippen LogP contribution in [-0.4, -0.2) is 38.6 Å². The molecule has 0 saturated heterocycles. The minimum absolute atomic E-state index is 0.0283. The van der Waals surface area contributed by atoms with E-state index in [2.05, 4.69) is 21.2 Å². The monoisotopic (exact) mass is 418 g/mol. The quantitative estimate of drug-likeness (QED) is 0.782. The molecule has 0 spiro atoms. The Kier molecular flexibility index (Phi) is 5.78. The number of amides is 2. The predicted octanol–water partition coefficient (Wildman–Crippen LogP) is 2.54. The Bertz CT molecular complexity index is 808. The maximum absolute atomic E-state index is 12.2. The molecule has 2 amide bonds. The molecule has 136 valence electrons. The second-order valence-electron chi connectivity index (χ2n) is 5.83. The number of rotatable bonds is 6. The number of nitrogens with one attached hydrogen (secondary N) is 1. The summed E-state index contributed by atoms with van der Waals surface area (Å²) in [5.74, 6) is 0.951. The van der Waals surface area contributed by atoms with Crippen LogP contribution in [0.25, 0.3) is 0 Å². The normalized spacial score (nSPS) is 13.0. The van der Waals surface area contributed by atoms with Gasteiger partial charge in [-0.05, 0) is 42.3 Å². The molecular formula is C19H19BrN2O4. The average Bonchev–Trinajstić information content (AvgIpc) is 2.64. The minimum Gasteiger partial charge on any atom is -0.497 e. The molecule has 0 saturated carbocycles. The number of hydrogen-bond donors (Lipinski definition) is 1. The van der Waals surface area contributed by atoms with Crippen molar-refractivity contribution in [2.75, 3.05) is 31.7 Å². The third-order valence-electron chi connectivity index (χ3n) is 4.06. The molecule has 0 bridgehead atoms. The SMILES string of the molecule is COc1ccc(CCNC(=O)CN2C(=O)COc3cc(Br)ccc32)cc1. The van der Waals surface area contributed by atoms with Crippen LogP contribution < -0.4 is 19.7 Å². The molecule has 3 rings (SSSR count). The number of anilines is 1. The van der Waals surface area contributed by atoms with Crippen LogP contribution in [0.2, 0.25) is 0 Å². The van der Waals surface area contributed by atoms with E-state index in [1.54, 1.807) is 19.2 Å². The van der Waals surface area contributed by atoms with Gasteiger partial charge in [-0.3, -0.25) is 14.5 Å². The summed E-state index contributed by atoms with van der Waals surface area (Å²) in [6.45, 7) is 0.402. The molecular weight excluding hydrogens is 400 g/mol. The van der Waals surface area contributed by atoms with E-state index in [0.717, 1.165) is 15.8 Å². The number of benzene rings is 2. The second-order valence-corrected chi connectivity index (χ2v) is 6.74. The van der Waals surface area contributed by atoms with Crippen LogP contribution in [0.1, 0.15) is 5.56 Å². The van der Waals surface area contributed by atoms with E-state index in [1.807, 2.05) is 30.3 Å². The molecule has 0 aliphatic carbocycles. The molecule has 1 aliphatic heterocycles. The van der Waals surface area contributed by atoms with Crippen LogP contribution in [0.3, 0.4) is 0 Å². The Balaban J connectivity index is 1.55. The predicted molar refractivity (Wildman–Crippen MR) is 102 cm³/mol. The molecule has 1 N–H and O–H groups in total. The molecule has 0 atom stereocenters. The van der Waals surface area contributed by atoms with Gasteiger partial charge in [0.25, 0.3) is 5.91 Å². The number of hydrogen-bond acceptors (Lipinski definition) is 4. The standard InChI is InChI=1S/C19H19BrN2O4/c1-25-15-5-2-13(3-6-15)8-9-21-18(23)11-22-16-7-4-14(20)10-17(16)26-12-19(22)24/h2-7,10H,8-9,11-12H2,1H3,(H,21,23). The van der Waals surface area contributed by atoms with E-state index in [1.165, 1.54) is 4.90 Å². The zero-order valence-corrected chi connectivity index (χ0v) is 15.9. The lowest BCUT2D eigenvalue weighted by molar-refractivity contribution is -0.125. The molecule has 26 heavy (non-hydrogen) atoms. The van der Waals surface area contributed by atoms with Gasteiger partial charge in [-0.1, -0.05) is 28.1 Å². The number of carbonyl (C=O) groups is 2. The van der Waals surface area contributed by atoms with Crippen LogP contribution in [0, 0.1) is 0 Å². The molecule has 0 fully saturated rings. The van der Waals surface area contributed by atoms with E-state index in [0.29, 0.717) is 24.4 Å². The van der Waals surface area contributed by atoms with Crippen LogP contribution in [0.4, 0.5) is 5.69 Å². The van der Waals surface area contributed by atoms with E-state index in [4.69, 9.17) is 9.47 Å².